The van der Waals surface area contributed by atoms with Crippen LogP contribution in [0.3, 0.4) is 0 Å². The van der Waals surface area contributed by atoms with Crippen LogP contribution >= 0.6 is 0 Å². The first-order chi connectivity index (χ1) is 5.20. The van der Waals surface area contributed by atoms with E-state index in [-0.39, 0.29) is 5.97 Å². The monoisotopic (exact) mass is 158 g/mol. The van der Waals surface area contributed by atoms with Crippen LogP contribution in [0.5, 0.6) is 0 Å². The van der Waals surface area contributed by atoms with Gasteiger partial charge in [-0.1, -0.05) is 6.92 Å². The Labute approximate surface area is 66.7 Å². The number of rotatable bonds is 4. The molecule has 3 nitrogen and oxygen atoms in total. The predicted octanol–water partition coefficient (Wildman–Crippen LogP) is 1.79. The van der Waals surface area contributed by atoms with Gasteiger partial charge in [0.1, 0.15) is 0 Å². The van der Waals surface area contributed by atoms with Crippen molar-refractivity contribution in [1.82, 2.24) is 0 Å². The van der Waals surface area contributed by atoms with Crippen LogP contribution in [0.4, 0.5) is 0 Å². The number of aliphatic hydroxyl groups excluding tert-OH is 1. The molecule has 0 aliphatic carbocycles. The molecule has 0 saturated heterocycles. The molecule has 0 aromatic heterocycles. The van der Waals surface area contributed by atoms with Crippen molar-refractivity contribution in [2.45, 2.75) is 26.7 Å². The second kappa shape index (κ2) is 5.77. The zero-order valence-corrected chi connectivity index (χ0v) is 6.96. The van der Waals surface area contributed by atoms with Gasteiger partial charge in [0.25, 0.3) is 0 Å². The van der Waals surface area contributed by atoms with Gasteiger partial charge in [-0.2, -0.15) is 0 Å². The summed E-state index contributed by atoms with van der Waals surface area (Å²) in [7, 11) is 0. The van der Waals surface area contributed by atoms with E-state index in [1.54, 1.807) is 0 Å². The number of carbonyl (C=O) groups excluding carboxylic acids is 1. The highest BCUT2D eigenvalue weighted by Crippen LogP contribution is 2.04. The predicted molar refractivity (Wildman–Crippen MR) is 42.3 cm³/mol. The van der Waals surface area contributed by atoms with Gasteiger partial charge in [-0.25, -0.2) is 0 Å². The van der Waals surface area contributed by atoms with E-state index in [1.165, 1.54) is 6.92 Å². The minimum Gasteiger partial charge on any atom is -0.516 e. The lowest BCUT2D eigenvalue weighted by atomic mass is 10.2. The van der Waals surface area contributed by atoms with Crippen LogP contribution in [-0.2, 0) is 9.53 Å². The summed E-state index contributed by atoms with van der Waals surface area (Å²) in [5.41, 5.74) is 0.895. The van der Waals surface area contributed by atoms with Gasteiger partial charge in [0, 0.05) is 13.3 Å². The maximum atomic E-state index is 10.3. The van der Waals surface area contributed by atoms with E-state index < -0.39 is 0 Å². The van der Waals surface area contributed by atoms with Gasteiger partial charge in [-0.3, -0.25) is 4.79 Å². The maximum Gasteiger partial charge on any atom is 0.302 e. The van der Waals surface area contributed by atoms with E-state index >= 15 is 0 Å². The summed E-state index contributed by atoms with van der Waals surface area (Å²) in [5, 5.41) is 8.59. The molecule has 1 N–H and O–H groups in total. The van der Waals surface area contributed by atoms with Gasteiger partial charge >= 0.3 is 5.97 Å². The van der Waals surface area contributed by atoms with Crippen LogP contribution in [-0.4, -0.2) is 17.7 Å². The molecule has 0 bridgehead atoms. The molecule has 0 aliphatic rings. The zero-order valence-electron chi connectivity index (χ0n) is 6.96. The molecule has 0 radical (unpaired) electrons. The number of esters is 1. The lowest BCUT2D eigenvalue weighted by molar-refractivity contribution is -0.140. The van der Waals surface area contributed by atoms with Crippen LogP contribution in [0.15, 0.2) is 11.8 Å². The lowest BCUT2D eigenvalue weighted by Gasteiger charge is -2.02. The second-order valence-corrected chi connectivity index (χ2v) is 2.23. The standard InChI is InChI=1S/C8H14O3/c1-3-8(6-9)4-5-11-7(2)10/h6,9H,3-5H2,1-2H3/b8-6-. The topological polar surface area (TPSA) is 46.5 Å². The Morgan fingerprint density at radius 3 is 2.64 bits per heavy atom. The van der Waals surface area contributed by atoms with E-state index in [0.29, 0.717) is 13.0 Å². The van der Waals surface area contributed by atoms with E-state index in [4.69, 9.17) is 5.11 Å². The molecule has 0 aliphatic heterocycles. The first-order valence-electron chi connectivity index (χ1n) is 3.66. The molecule has 0 heterocycles. The Morgan fingerprint density at radius 2 is 2.27 bits per heavy atom. The Bertz CT molecular complexity index is 149. The van der Waals surface area contributed by atoms with Crippen molar-refractivity contribution in [2.75, 3.05) is 6.61 Å². The average Bonchev–Trinajstić information content (AvgIpc) is 1.98. The summed E-state index contributed by atoms with van der Waals surface area (Å²) in [6, 6.07) is 0. The number of hydrogen-bond donors (Lipinski definition) is 1. The van der Waals surface area contributed by atoms with E-state index in [9.17, 15) is 4.79 Å². The van der Waals surface area contributed by atoms with Crippen LogP contribution in [0.1, 0.15) is 26.7 Å². The first-order valence-corrected chi connectivity index (χ1v) is 3.66. The lowest BCUT2D eigenvalue weighted by Crippen LogP contribution is -2.01. The molecular formula is C8H14O3. The van der Waals surface area contributed by atoms with Crippen molar-refractivity contribution in [1.29, 1.82) is 0 Å². The van der Waals surface area contributed by atoms with Crippen molar-refractivity contribution in [3.05, 3.63) is 11.8 Å². The second-order valence-electron chi connectivity index (χ2n) is 2.23. The Kier molecular flexibility index (Phi) is 5.25. The number of hydrogen-bond acceptors (Lipinski definition) is 3. The van der Waals surface area contributed by atoms with E-state index in [1.807, 2.05) is 6.92 Å². The quantitative estimate of drug-likeness (QED) is 0.501. The van der Waals surface area contributed by atoms with Crippen molar-refractivity contribution in [3.63, 3.8) is 0 Å². The summed E-state index contributed by atoms with van der Waals surface area (Å²) >= 11 is 0. The normalized spacial score (nSPS) is 11.3. The van der Waals surface area contributed by atoms with Gasteiger partial charge in [-0.05, 0) is 12.0 Å². The number of ether oxygens (including phenoxy) is 1. The molecule has 0 rings (SSSR count). The Morgan fingerprint density at radius 1 is 1.64 bits per heavy atom. The summed E-state index contributed by atoms with van der Waals surface area (Å²) in [4.78, 5) is 10.3. The molecule has 0 fully saturated rings. The maximum absolute atomic E-state index is 10.3. The molecule has 0 unspecified atom stereocenters. The van der Waals surface area contributed by atoms with E-state index in [2.05, 4.69) is 4.74 Å². The van der Waals surface area contributed by atoms with Crippen molar-refractivity contribution < 1.29 is 14.6 Å². The SMILES string of the molecule is CC/C(=C/O)CCOC(C)=O. The summed E-state index contributed by atoms with van der Waals surface area (Å²) in [6.45, 7) is 3.67. The molecule has 0 atom stereocenters. The smallest absolute Gasteiger partial charge is 0.302 e. The molecule has 0 amide bonds. The number of carbonyl (C=O) groups is 1. The fourth-order valence-corrected chi connectivity index (χ4v) is 0.658. The van der Waals surface area contributed by atoms with Crippen molar-refractivity contribution >= 4 is 5.97 Å². The van der Waals surface area contributed by atoms with Gasteiger partial charge in [-0.15, -0.1) is 0 Å². The highest BCUT2D eigenvalue weighted by Gasteiger charge is 1.96. The third kappa shape index (κ3) is 5.45. The molecule has 0 spiro atoms. The Balaban J connectivity index is 3.45. The molecule has 64 valence electrons. The summed E-state index contributed by atoms with van der Waals surface area (Å²) in [6.07, 6.45) is 2.48. The van der Waals surface area contributed by atoms with Crippen LogP contribution in [0.2, 0.25) is 0 Å². The fourth-order valence-electron chi connectivity index (χ4n) is 0.658. The summed E-state index contributed by atoms with van der Waals surface area (Å²) in [5.74, 6) is -0.279. The number of aliphatic hydroxyl groups is 1. The largest absolute Gasteiger partial charge is 0.516 e. The van der Waals surface area contributed by atoms with Crippen molar-refractivity contribution in [3.8, 4) is 0 Å². The summed E-state index contributed by atoms with van der Waals surface area (Å²) < 4.78 is 4.69. The first kappa shape index (κ1) is 10.0. The molecule has 11 heavy (non-hydrogen) atoms. The third-order valence-electron chi connectivity index (χ3n) is 1.37. The molecule has 0 aromatic rings. The van der Waals surface area contributed by atoms with Crippen LogP contribution in [0, 0.1) is 0 Å². The zero-order chi connectivity index (χ0) is 8.69. The van der Waals surface area contributed by atoms with E-state index in [0.717, 1.165) is 18.3 Å². The van der Waals surface area contributed by atoms with Gasteiger partial charge in [0.15, 0.2) is 0 Å². The van der Waals surface area contributed by atoms with Gasteiger partial charge in [0.05, 0.1) is 12.9 Å². The highest BCUT2D eigenvalue weighted by atomic mass is 16.5. The molecule has 3 heteroatoms. The molecule has 0 saturated carbocycles. The molecular weight excluding hydrogens is 144 g/mol. The fraction of sp³-hybridized carbons (Fsp3) is 0.625. The highest BCUT2D eigenvalue weighted by molar-refractivity contribution is 5.65. The van der Waals surface area contributed by atoms with Crippen LogP contribution in [0.25, 0.3) is 0 Å². The van der Waals surface area contributed by atoms with Crippen molar-refractivity contribution in [2.24, 2.45) is 0 Å². The third-order valence-corrected chi connectivity index (χ3v) is 1.37. The average molecular weight is 158 g/mol. The Hall–Kier alpha value is -0.990. The van der Waals surface area contributed by atoms with Gasteiger partial charge in [0.2, 0.25) is 0 Å². The minimum atomic E-state index is -0.279. The molecule has 0 aromatic carbocycles. The minimum absolute atomic E-state index is 0.279. The van der Waals surface area contributed by atoms with Crippen LogP contribution < -0.4 is 0 Å². The van der Waals surface area contributed by atoms with Gasteiger partial charge < -0.3 is 9.84 Å².